The highest BCUT2D eigenvalue weighted by Gasteiger charge is 2.10. The highest BCUT2D eigenvalue weighted by Crippen LogP contribution is 2.12. The Morgan fingerprint density at radius 1 is 1.39 bits per heavy atom. The molecule has 0 bridgehead atoms. The molecule has 1 aromatic carbocycles. The molecule has 0 fully saturated rings. The van der Waals surface area contributed by atoms with E-state index in [-0.39, 0.29) is 18.4 Å². The Labute approximate surface area is 108 Å². The Kier molecular flexibility index (Phi) is 5.36. The number of rotatable bonds is 6. The number of benzene rings is 1. The zero-order chi connectivity index (χ0) is 13.5. The predicted molar refractivity (Wildman–Crippen MR) is 70.9 cm³/mol. The first-order valence-corrected chi connectivity index (χ1v) is 6.06. The van der Waals surface area contributed by atoms with E-state index >= 15 is 0 Å². The number of amides is 2. The molecule has 18 heavy (non-hydrogen) atoms. The molecule has 1 atom stereocenters. The molecule has 0 saturated heterocycles. The van der Waals surface area contributed by atoms with E-state index in [0.29, 0.717) is 11.1 Å². The van der Waals surface area contributed by atoms with Crippen molar-refractivity contribution in [1.29, 1.82) is 0 Å². The van der Waals surface area contributed by atoms with Gasteiger partial charge in [0.1, 0.15) is 0 Å². The Morgan fingerprint density at radius 2 is 2.06 bits per heavy atom. The number of nitrogens with two attached hydrogens (primary N) is 1. The lowest BCUT2D eigenvalue weighted by Gasteiger charge is -2.11. The van der Waals surface area contributed by atoms with E-state index in [9.17, 15) is 9.59 Å². The van der Waals surface area contributed by atoms with Crippen molar-refractivity contribution in [2.24, 2.45) is 5.73 Å². The van der Waals surface area contributed by atoms with Gasteiger partial charge in [-0.15, -0.1) is 0 Å². The summed E-state index contributed by atoms with van der Waals surface area (Å²) in [6.07, 6.45) is 2.86. The first kappa shape index (κ1) is 14.2. The molecular formula is C14H19N2O2. The van der Waals surface area contributed by atoms with E-state index in [1.807, 2.05) is 19.9 Å². The summed E-state index contributed by atoms with van der Waals surface area (Å²) in [5, 5.41) is 2.86. The number of nitrogens with one attached hydrogen (secondary N) is 1. The standard InChI is InChI=1S/C14H19N2O2/c1-3-10(2)16-13(17)9-8-11-6-4-5-7-12(11)14(15)18/h4-8,10H,3,9H2,1-2H3,(H2,15,18)(H,16,17)/t10-/m0/s1. The van der Waals surface area contributed by atoms with Gasteiger partial charge in [-0.05, 0) is 25.0 Å². The van der Waals surface area contributed by atoms with E-state index in [0.717, 1.165) is 6.42 Å². The number of hydrogen-bond donors (Lipinski definition) is 2. The van der Waals surface area contributed by atoms with Crippen molar-refractivity contribution in [1.82, 2.24) is 5.32 Å². The minimum Gasteiger partial charge on any atom is -0.366 e. The average Bonchev–Trinajstić information content (AvgIpc) is 2.36. The fourth-order valence-electron chi connectivity index (χ4n) is 1.54. The van der Waals surface area contributed by atoms with Gasteiger partial charge in [0.05, 0.1) is 0 Å². The second kappa shape index (κ2) is 6.79. The summed E-state index contributed by atoms with van der Waals surface area (Å²) in [7, 11) is 0. The smallest absolute Gasteiger partial charge is 0.248 e. The predicted octanol–water partition coefficient (Wildman–Crippen LogP) is 1.64. The van der Waals surface area contributed by atoms with Crippen LogP contribution in [0, 0.1) is 6.42 Å². The first-order valence-electron chi connectivity index (χ1n) is 6.06. The van der Waals surface area contributed by atoms with Crippen LogP contribution in [0.4, 0.5) is 0 Å². The van der Waals surface area contributed by atoms with Gasteiger partial charge in [-0.1, -0.05) is 25.1 Å². The third kappa shape index (κ3) is 4.20. The fourth-order valence-corrected chi connectivity index (χ4v) is 1.54. The van der Waals surface area contributed by atoms with Gasteiger partial charge in [0.15, 0.2) is 0 Å². The second-order valence-corrected chi connectivity index (χ2v) is 4.24. The van der Waals surface area contributed by atoms with Crippen LogP contribution in [0.1, 0.15) is 42.6 Å². The summed E-state index contributed by atoms with van der Waals surface area (Å²) in [5.74, 6) is -0.534. The molecule has 0 spiro atoms. The average molecular weight is 247 g/mol. The highest BCUT2D eigenvalue weighted by molar-refractivity contribution is 5.95. The number of carbonyl (C=O) groups excluding carboxylic acids is 2. The molecule has 1 aromatic rings. The summed E-state index contributed by atoms with van der Waals surface area (Å²) < 4.78 is 0. The van der Waals surface area contributed by atoms with Gasteiger partial charge in [0.2, 0.25) is 11.8 Å². The summed E-state index contributed by atoms with van der Waals surface area (Å²) in [4.78, 5) is 22.8. The van der Waals surface area contributed by atoms with Crippen molar-refractivity contribution in [3.8, 4) is 0 Å². The quantitative estimate of drug-likeness (QED) is 0.802. The molecule has 0 aliphatic heterocycles. The van der Waals surface area contributed by atoms with Crippen molar-refractivity contribution >= 4 is 11.8 Å². The van der Waals surface area contributed by atoms with Gasteiger partial charge < -0.3 is 11.1 Å². The Morgan fingerprint density at radius 3 is 2.67 bits per heavy atom. The number of hydrogen-bond acceptors (Lipinski definition) is 2. The summed E-state index contributed by atoms with van der Waals surface area (Å²) in [5.41, 5.74) is 6.40. The normalized spacial score (nSPS) is 11.9. The molecule has 1 rings (SSSR count). The SMILES string of the molecule is CC[C@H](C)NC(=O)C[CH]c1ccccc1C(N)=O. The van der Waals surface area contributed by atoms with Crippen LogP contribution < -0.4 is 11.1 Å². The lowest BCUT2D eigenvalue weighted by atomic mass is 10.0. The van der Waals surface area contributed by atoms with Crippen LogP contribution in [0.15, 0.2) is 24.3 Å². The molecule has 0 unspecified atom stereocenters. The van der Waals surface area contributed by atoms with Crippen LogP contribution >= 0.6 is 0 Å². The van der Waals surface area contributed by atoms with Crippen molar-refractivity contribution in [3.05, 3.63) is 41.8 Å². The third-order valence-electron chi connectivity index (χ3n) is 2.75. The van der Waals surface area contributed by atoms with E-state index in [1.165, 1.54) is 0 Å². The van der Waals surface area contributed by atoms with Gasteiger partial charge in [0, 0.05) is 24.4 Å². The van der Waals surface area contributed by atoms with Crippen LogP contribution in [0.3, 0.4) is 0 Å². The molecule has 0 heterocycles. The molecule has 0 aliphatic rings. The van der Waals surface area contributed by atoms with Crippen LogP contribution in [-0.4, -0.2) is 17.9 Å². The molecule has 4 nitrogen and oxygen atoms in total. The van der Waals surface area contributed by atoms with Crippen LogP contribution in [-0.2, 0) is 4.79 Å². The lowest BCUT2D eigenvalue weighted by molar-refractivity contribution is -0.121. The van der Waals surface area contributed by atoms with E-state index in [4.69, 9.17) is 5.73 Å². The largest absolute Gasteiger partial charge is 0.366 e. The monoisotopic (exact) mass is 247 g/mol. The van der Waals surface area contributed by atoms with Gasteiger partial charge >= 0.3 is 0 Å². The maximum absolute atomic E-state index is 11.6. The first-order chi connectivity index (χ1) is 8.54. The van der Waals surface area contributed by atoms with Crippen molar-refractivity contribution in [2.45, 2.75) is 32.7 Å². The van der Waals surface area contributed by atoms with Crippen LogP contribution in [0.25, 0.3) is 0 Å². The van der Waals surface area contributed by atoms with Crippen molar-refractivity contribution < 1.29 is 9.59 Å². The van der Waals surface area contributed by atoms with Crippen molar-refractivity contribution in [2.75, 3.05) is 0 Å². The number of carbonyl (C=O) groups is 2. The molecule has 0 saturated carbocycles. The summed E-state index contributed by atoms with van der Waals surface area (Å²) in [6.45, 7) is 3.96. The minimum atomic E-state index is -0.482. The Hall–Kier alpha value is -1.84. The minimum absolute atomic E-state index is 0.0522. The van der Waals surface area contributed by atoms with Crippen LogP contribution in [0.2, 0.25) is 0 Å². The highest BCUT2D eigenvalue weighted by atomic mass is 16.2. The zero-order valence-corrected chi connectivity index (χ0v) is 10.8. The van der Waals surface area contributed by atoms with Gasteiger partial charge in [-0.25, -0.2) is 0 Å². The molecule has 4 heteroatoms. The van der Waals surface area contributed by atoms with Gasteiger partial charge in [-0.2, -0.15) is 0 Å². The fraction of sp³-hybridized carbons (Fsp3) is 0.357. The van der Waals surface area contributed by atoms with Gasteiger partial charge in [-0.3, -0.25) is 9.59 Å². The lowest BCUT2D eigenvalue weighted by Crippen LogP contribution is -2.31. The molecule has 1 radical (unpaired) electrons. The molecule has 2 amide bonds. The third-order valence-corrected chi connectivity index (χ3v) is 2.75. The zero-order valence-electron chi connectivity index (χ0n) is 10.8. The van der Waals surface area contributed by atoms with Crippen LogP contribution in [0.5, 0.6) is 0 Å². The second-order valence-electron chi connectivity index (χ2n) is 4.24. The topological polar surface area (TPSA) is 72.2 Å². The van der Waals surface area contributed by atoms with E-state index < -0.39 is 5.91 Å². The van der Waals surface area contributed by atoms with Crippen molar-refractivity contribution in [3.63, 3.8) is 0 Å². The van der Waals surface area contributed by atoms with E-state index in [2.05, 4.69) is 5.32 Å². The Bertz CT molecular complexity index is 430. The molecular weight excluding hydrogens is 228 g/mol. The number of primary amides is 1. The molecule has 97 valence electrons. The van der Waals surface area contributed by atoms with Gasteiger partial charge in [0.25, 0.3) is 0 Å². The summed E-state index contributed by atoms with van der Waals surface area (Å²) >= 11 is 0. The maximum Gasteiger partial charge on any atom is 0.248 e. The molecule has 0 aliphatic carbocycles. The Balaban J connectivity index is 2.58. The van der Waals surface area contributed by atoms with E-state index in [1.54, 1.807) is 24.6 Å². The summed E-state index contributed by atoms with van der Waals surface area (Å²) in [6, 6.07) is 7.15. The molecule has 3 N–H and O–H groups in total. The maximum atomic E-state index is 11.6. The molecule has 0 aromatic heterocycles.